The smallest absolute Gasteiger partial charge is 0.354 e. The first kappa shape index (κ1) is 14.1. The summed E-state index contributed by atoms with van der Waals surface area (Å²) < 4.78 is 37.8. The van der Waals surface area contributed by atoms with E-state index in [1.807, 2.05) is 13.8 Å². The van der Waals surface area contributed by atoms with Crippen LogP contribution in [0.2, 0.25) is 0 Å². The maximum atomic E-state index is 12.6. The molecule has 1 rings (SSSR count). The highest BCUT2D eigenvalue weighted by atomic mass is 32.2. The monoisotopic (exact) mass is 265 g/mol. The molecule has 1 heterocycles. The summed E-state index contributed by atoms with van der Waals surface area (Å²) in [5, 5.41) is 3.20. The van der Waals surface area contributed by atoms with Gasteiger partial charge in [0.1, 0.15) is 5.03 Å². The normalized spacial score (nSPS) is 11.9. The molecule has 0 aromatic carbocycles. The van der Waals surface area contributed by atoms with Crippen LogP contribution < -0.4 is 5.32 Å². The summed E-state index contributed by atoms with van der Waals surface area (Å²) in [6.07, 6.45) is -4.45. The van der Waals surface area contributed by atoms with Gasteiger partial charge in [-0.2, -0.15) is 13.2 Å². The SMILES string of the molecule is CCNc1nc(SC(C)C)cc(C(F)(F)F)n1. The van der Waals surface area contributed by atoms with E-state index in [1.165, 1.54) is 11.8 Å². The van der Waals surface area contributed by atoms with Crippen molar-refractivity contribution in [1.29, 1.82) is 0 Å². The van der Waals surface area contributed by atoms with E-state index in [2.05, 4.69) is 15.3 Å². The molecule has 0 aliphatic rings. The predicted molar refractivity (Wildman–Crippen MR) is 62.2 cm³/mol. The minimum atomic E-state index is -4.45. The van der Waals surface area contributed by atoms with E-state index in [0.29, 0.717) is 11.6 Å². The van der Waals surface area contributed by atoms with Gasteiger partial charge in [0.2, 0.25) is 5.95 Å². The molecule has 0 unspecified atom stereocenters. The van der Waals surface area contributed by atoms with Crippen LogP contribution in [0.1, 0.15) is 26.5 Å². The number of anilines is 1. The lowest BCUT2D eigenvalue weighted by atomic mass is 10.4. The lowest BCUT2D eigenvalue weighted by Crippen LogP contribution is -2.12. The van der Waals surface area contributed by atoms with Crippen LogP contribution in [0.25, 0.3) is 0 Å². The number of hydrogen-bond donors (Lipinski definition) is 1. The first-order chi connectivity index (χ1) is 7.82. The molecule has 1 N–H and O–H groups in total. The molecule has 3 nitrogen and oxygen atoms in total. The standard InChI is InChI=1S/C10H14F3N3S/c1-4-14-9-15-7(10(11,12)13)5-8(16-9)17-6(2)3/h5-6H,4H2,1-3H3,(H,14,15,16). The van der Waals surface area contributed by atoms with Crippen molar-refractivity contribution in [1.82, 2.24) is 9.97 Å². The van der Waals surface area contributed by atoms with Crippen LogP contribution in [0.15, 0.2) is 11.1 Å². The van der Waals surface area contributed by atoms with Crippen molar-refractivity contribution >= 4 is 17.7 Å². The fourth-order valence-electron chi connectivity index (χ4n) is 1.11. The zero-order chi connectivity index (χ0) is 13.1. The predicted octanol–water partition coefficient (Wildman–Crippen LogP) is 3.43. The molecule has 0 spiro atoms. The molecule has 1 aromatic rings. The topological polar surface area (TPSA) is 37.8 Å². The van der Waals surface area contributed by atoms with Gasteiger partial charge in [0, 0.05) is 17.9 Å². The largest absolute Gasteiger partial charge is 0.433 e. The van der Waals surface area contributed by atoms with Gasteiger partial charge in [-0.15, -0.1) is 11.8 Å². The summed E-state index contributed by atoms with van der Waals surface area (Å²) in [5.74, 6) is 0.0190. The molecule has 0 saturated carbocycles. The van der Waals surface area contributed by atoms with Crippen molar-refractivity contribution in [3.63, 3.8) is 0 Å². The Labute approximate surface area is 102 Å². The Morgan fingerprint density at radius 1 is 1.35 bits per heavy atom. The van der Waals surface area contributed by atoms with Crippen LogP contribution in [0.4, 0.5) is 19.1 Å². The molecule has 96 valence electrons. The molecule has 17 heavy (non-hydrogen) atoms. The summed E-state index contributed by atoms with van der Waals surface area (Å²) in [4.78, 5) is 7.46. The van der Waals surface area contributed by atoms with Gasteiger partial charge in [-0.1, -0.05) is 13.8 Å². The number of nitrogens with zero attached hydrogens (tertiary/aromatic N) is 2. The highest BCUT2D eigenvalue weighted by Gasteiger charge is 2.33. The second-order valence-electron chi connectivity index (χ2n) is 3.61. The summed E-state index contributed by atoms with van der Waals surface area (Å²) in [5.41, 5.74) is -0.911. The average molecular weight is 265 g/mol. The fraction of sp³-hybridized carbons (Fsp3) is 0.600. The van der Waals surface area contributed by atoms with Crippen LogP contribution in [-0.2, 0) is 6.18 Å². The van der Waals surface area contributed by atoms with Crippen LogP contribution in [0.5, 0.6) is 0 Å². The molecular weight excluding hydrogens is 251 g/mol. The van der Waals surface area contributed by atoms with E-state index >= 15 is 0 Å². The van der Waals surface area contributed by atoms with E-state index in [0.717, 1.165) is 6.07 Å². The van der Waals surface area contributed by atoms with Gasteiger partial charge in [0.15, 0.2) is 5.69 Å². The first-order valence-electron chi connectivity index (χ1n) is 5.19. The van der Waals surface area contributed by atoms with Crippen molar-refractivity contribution in [3.05, 3.63) is 11.8 Å². The van der Waals surface area contributed by atoms with Crippen LogP contribution in [-0.4, -0.2) is 21.8 Å². The van der Waals surface area contributed by atoms with E-state index in [-0.39, 0.29) is 11.2 Å². The van der Waals surface area contributed by atoms with Crippen molar-refractivity contribution in [2.45, 2.75) is 37.2 Å². The number of thioether (sulfide) groups is 1. The lowest BCUT2D eigenvalue weighted by molar-refractivity contribution is -0.141. The van der Waals surface area contributed by atoms with E-state index in [9.17, 15) is 13.2 Å². The third-order valence-corrected chi connectivity index (χ3v) is 2.61. The van der Waals surface area contributed by atoms with Gasteiger partial charge in [0.05, 0.1) is 0 Å². The average Bonchev–Trinajstić information content (AvgIpc) is 2.15. The second-order valence-corrected chi connectivity index (χ2v) is 5.21. The number of halogens is 3. The minimum Gasteiger partial charge on any atom is -0.354 e. The summed E-state index contributed by atoms with van der Waals surface area (Å²) in [6.45, 7) is 6.05. The Balaban J connectivity index is 3.09. The van der Waals surface area contributed by atoms with Gasteiger partial charge < -0.3 is 5.32 Å². The molecule has 0 radical (unpaired) electrons. The van der Waals surface area contributed by atoms with Crippen molar-refractivity contribution in [2.24, 2.45) is 0 Å². The van der Waals surface area contributed by atoms with Crippen molar-refractivity contribution < 1.29 is 13.2 Å². The Bertz CT molecular complexity index is 380. The molecule has 0 aliphatic carbocycles. The third-order valence-electron chi connectivity index (χ3n) is 1.68. The maximum Gasteiger partial charge on any atom is 0.433 e. The molecule has 0 bridgehead atoms. The van der Waals surface area contributed by atoms with Gasteiger partial charge in [-0.05, 0) is 6.92 Å². The molecule has 1 aromatic heterocycles. The zero-order valence-corrected chi connectivity index (χ0v) is 10.6. The van der Waals surface area contributed by atoms with Crippen LogP contribution >= 0.6 is 11.8 Å². The quantitative estimate of drug-likeness (QED) is 0.668. The number of alkyl halides is 3. The number of nitrogens with one attached hydrogen (secondary N) is 1. The third kappa shape index (κ3) is 4.41. The summed E-state index contributed by atoms with van der Waals surface area (Å²) >= 11 is 1.28. The molecular formula is C10H14F3N3S. The second kappa shape index (κ2) is 5.57. The fourth-order valence-corrected chi connectivity index (χ4v) is 1.91. The minimum absolute atomic E-state index is 0.0190. The molecule has 0 amide bonds. The van der Waals surface area contributed by atoms with Gasteiger partial charge in [0.25, 0.3) is 0 Å². The van der Waals surface area contributed by atoms with E-state index in [4.69, 9.17) is 0 Å². The Morgan fingerprint density at radius 2 is 2.00 bits per heavy atom. The van der Waals surface area contributed by atoms with Crippen molar-refractivity contribution in [2.75, 3.05) is 11.9 Å². The van der Waals surface area contributed by atoms with E-state index in [1.54, 1.807) is 6.92 Å². The molecule has 0 saturated heterocycles. The number of hydrogen-bond acceptors (Lipinski definition) is 4. The Morgan fingerprint density at radius 3 is 2.47 bits per heavy atom. The Kier molecular flexibility index (Phi) is 4.62. The highest BCUT2D eigenvalue weighted by Crippen LogP contribution is 2.31. The number of aromatic nitrogens is 2. The van der Waals surface area contributed by atoms with Gasteiger partial charge >= 0.3 is 6.18 Å². The van der Waals surface area contributed by atoms with E-state index < -0.39 is 11.9 Å². The number of rotatable bonds is 4. The van der Waals surface area contributed by atoms with Crippen molar-refractivity contribution in [3.8, 4) is 0 Å². The highest BCUT2D eigenvalue weighted by molar-refractivity contribution is 7.99. The Hall–Kier alpha value is -0.980. The van der Waals surface area contributed by atoms with Crippen LogP contribution in [0.3, 0.4) is 0 Å². The molecule has 0 atom stereocenters. The summed E-state index contributed by atoms with van der Waals surface area (Å²) in [6, 6.07) is 0.978. The zero-order valence-electron chi connectivity index (χ0n) is 9.80. The molecule has 0 aliphatic heterocycles. The first-order valence-corrected chi connectivity index (χ1v) is 6.07. The lowest BCUT2D eigenvalue weighted by Gasteiger charge is -2.11. The van der Waals surface area contributed by atoms with Crippen LogP contribution in [0, 0.1) is 0 Å². The van der Waals surface area contributed by atoms with Gasteiger partial charge in [-0.25, -0.2) is 9.97 Å². The maximum absolute atomic E-state index is 12.6. The molecule has 7 heteroatoms. The van der Waals surface area contributed by atoms with Gasteiger partial charge in [-0.3, -0.25) is 0 Å². The molecule has 0 fully saturated rings. The summed E-state index contributed by atoms with van der Waals surface area (Å²) in [7, 11) is 0.